The Morgan fingerprint density at radius 2 is 2.14 bits per heavy atom. The largest absolute Gasteiger partial charge is 0.384 e. The van der Waals surface area contributed by atoms with E-state index >= 15 is 0 Å². The number of alkyl halides is 1. The van der Waals surface area contributed by atoms with Gasteiger partial charge in [0.1, 0.15) is 28.3 Å². The summed E-state index contributed by atoms with van der Waals surface area (Å²) in [5.41, 5.74) is 3.35. The summed E-state index contributed by atoms with van der Waals surface area (Å²) >= 11 is 1.35. The molecule has 0 aromatic carbocycles. The maximum atomic E-state index is 12.9. The first-order valence-corrected chi connectivity index (χ1v) is 13.3. The third-order valence-corrected chi connectivity index (χ3v) is 8.86. The lowest BCUT2D eigenvalue weighted by Crippen LogP contribution is -2.38. The molecular formula is C25H29FN6O3S. The molecule has 36 heavy (non-hydrogen) atoms. The number of carbonyl (C=O) groups excluding carboxylic acids is 2. The smallest absolute Gasteiger partial charge is 0.265 e. The highest BCUT2D eigenvalue weighted by atomic mass is 32.1. The molecule has 3 aromatic heterocycles. The molecule has 5 heterocycles. The van der Waals surface area contributed by atoms with E-state index in [1.54, 1.807) is 16.0 Å². The summed E-state index contributed by atoms with van der Waals surface area (Å²) in [6.45, 7) is 2.94. The predicted molar refractivity (Wildman–Crippen MR) is 135 cm³/mol. The van der Waals surface area contributed by atoms with Gasteiger partial charge in [-0.15, -0.1) is 11.3 Å². The molecule has 0 radical (unpaired) electrons. The van der Waals surface area contributed by atoms with Crippen molar-refractivity contribution in [1.29, 1.82) is 0 Å². The summed E-state index contributed by atoms with van der Waals surface area (Å²) < 4.78 is 12.9. The van der Waals surface area contributed by atoms with Crippen molar-refractivity contribution in [1.82, 2.24) is 24.8 Å². The summed E-state index contributed by atoms with van der Waals surface area (Å²) in [7, 11) is 0. The van der Waals surface area contributed by atoms with Crippen molar-refractivity contribution in [3.05, 3.63) is 29.0 Å². The highest BCUT2D eigenvalue weighted by Crippen LogP contribution is 2.43. The molecule has 1 unspecified atom stereocenters. The minimum atomic E-state index is -0.959. The van der Waals surface area contributed by atoms with Crippen molar-refractivity contribution in [3.8, 4) is 10.6 Å². The number of aliphatic hydroxyl groups excluding tert-OH is 1. The number of fused-ring (bicyclic) bond motifs is 3. The van der Waals surface area contributed by atoms with Crippen molar-refractivity contribution in [3.63, 3.8) is 0 Å². The first kappa shape index (κ1) is 23.4. The number of carbonyl (C=O) groups is 2. The number of aromatic nitrogens is 3. The number of aliphatic hydroxyl groups is 1. The Balaban J connectivity index is 1.27. The number of nitrogens with zero attached hydrogens (tertiary/aromatic N) is 4. The quantitative estimate of drug-likeness (QED) is 0.468. The molecule has 0 spiro atoms. The molecular weight excluding hydrogens is 483 g/mol. The van der Waals surface area contributed by atoms with Crippen LogP contribution in [-0.4, -0.2) is 86.7 Å². The molecule has 3 aliphatic rings. The molecule has 1 aliphatic carbocycles. The van der Waals surface area contributed by atoms with Crippen LogP contribution in [0.3, 0.4) is 0 Å². The number of H-pyrrole nitrogens is 1. The minimum Gasteiger partial charge on any atom is -0.384 e. The van der Waals surface area contributed by atoms with Crippen LogP contribution in [0.15, 0.2) is 18.5 Å². The average molecular weight is 513 g/mol. The van der Waals surface area contributed by atoms with Crippen LogP contribution in [0.2, 0.25) is 0 Å². The molecule has 0 bridgehead atoms. The van der Waals surface area contributed by atoms with Gasteiger partial charge in [-0.25, -0.2) is 14.4 Å². The number of amides is 2. The summed E-state index contributed by atoms with van der Waals surface area (Å²) in [5, 5.41) is 15.1. The van der Waals surface area contributed by atoms with Gasteiger partial charge >= 0.3 is 0 Å². The summed E-state index contributed by atoms with van der Waals surface area (Å²) in [5.74, 6) is 0.474. The molecule has 3 aromatic rings. The molecule has 1 saturated carbocycles. The second-order valence-electron chi connectivity index (χ2n) is 10.1. The second-order valence-corrected chi connectivity index (χ2v) is 11.1. The van der Waals surface area contributed by atoms with Crippen LogP contribution in [0.25, 0.3) is 21.6 Å². The highest BCUT2D eigenvalue weighted by molar-refractivity contribution is 7.17. The Kier molecular flexibility index (Phi) is 5.91. The maximum Gasteiger partial charge on any atom is 0.265 e. The molecule has 1 saturated heterocycles. The Hall–Kier alpha value is -3.05. The van der Waals surface area contributed by atoms with Crippen molar-refractivity contribution < 1.29 is 19.1 Å². The van der Waals surface area contributed by atoms with E-state index in [4.69, 9.17) is 4.98 Å². The van der Waals surface area contributed by atoms with E-state index in [0.29, 0.717) is 42.8 Å². The molecule has 2 aliphatic heterocycles. The molecule has 4 atom stereocenters. The summed E-state index contributed by atoms with van der Waals surface area (Å²) in [6, 6.07) is 2.23. The highest BCUT2D eigenvalue weighted by Gasteiger charge is 2.43. The van der Waals surface area contributed by atoms with Crippen molar-refractivity contribution in [2.75, 3.05) is 38.2 Å². The van der Waals surface area contributed by atoms with E-state index in [1.165, 1.54) is 18.3 Å². The lowest BCUT2D eigenvalue weighted by atomic mass is 10.0. The summed E-state index contributed by atoms with van der Waals surface area (Å²) in [4.78, 5) is 41.6. The molecule has 9 nitrogen and oxygen atoms in total. The standard InChI is InChI=1S/C25H29FN6O3S/c1-13(33)24(34)32-11-14-8-16(9-15(14)12-32)29-20-17-2-5-27-22(17)28-10-18(20)23-30-19-3-6-31(7-4-26)25(35)21(19)36-23/h2,5,10,13-16,33H,3-4,6-9,11-12H2,1H3,(H2,27,28,29)/t13-,14-,15+,16?/m0/s1. The zero-order chi connectivity index (χ0) is 25.0. The zero-order valence-electron chi connectivity index (χ0n) is 20.0. The van der Waals surface area contributed by atoms with Gasteiger partial charge in [0.2, 0.25) is 0 Å². The van der Waals surface area contributed by atoms with Gasteiger partial charge in [0, 0.05) is 56.4 Å². The van der Waals surface area contributed by atoms with Gasteiger partial charge in [-0.1, -0.05) is 0 Å². The maximum absolute atomic E-state index is 12.9. The lowest BCUT2D eigenvalue weighted by molar-refractivity contribution is -0.138. The molecule has 190 valence electrons. The Labute approximate surface area is 211 Å². The number of aromatic amines is 1. The molecule has 11 heteroatoms. The Morgan fingerprint density at radius 3 is 2.86 bits per heavy atom. The number of hydrogen-bond acceptors (Lipinski definition) is 7. The monoisotopic (exact) mass is 512 g/mol. The number of anilines is 1. The number of hydrogen-bond donors (Lipinski definition) is 3. The fraction of sp³-hybridized carbons (Fsp3) is 0.520. The van der Waals surface area contributed by atoms with Crippen molar-refractivity contribution >= 4 is 39.9 Å². The first-order valence-electron chi connectivity index (χ1n) is 12.5. The van der Waals surface area contributed by atoms with E-state index in [2.05, 4.69) is 15.3 Å². The van der Waals surface area contributed by atoms with E-state index in [1.807, 2.05) is 12.3 Å². The van der Waals surface area contributed by atoms with Crippen LogP contribution in [-0.2, 0) is 11.2 Å². The normalized spacial score (nSPS) is 24.3. The molecule has 6 rings (SSSR count). The van der Waals surface area contributed by atoms with E-state index in [0.717, 1.165) is 45.8 Å². The van der Waals surface area contributed by atoms with Crippen molar-refractivity contribution in [2.24, 2.45) is 11.8 Å². The number of pyridine rings is 1. The number of rotatable bonds is 6. The van der Waals surface area contributed by atoms with Gasteiger partial charge in [-0.05, 0) is 37.7 Å². The van der Waals surface area contributed by atoms with Gasteiger partial charge in [0.05, 0.1) is 16.9 Å². The van der Waals surface area contributed by atoms with Crippen LogP contribution in [0.1, 0.15) is 35.1 Å². The van der Waals surface area contributed by atoms with Crippen LogP contribution < -0.4 is 5.32 Å². The third-order valence-electron chi connectivity index (χ3n) is 7.74. The Morgan fingerprint density at radius 1 is 1.36 bits per heavy atom. The Bertz CT molecular complexity index is 1310. The second kappa shape index (κ2) is 9.11. The van der Waals surface area contributed by atoms with Crippen LogP contribution in [0.5, 0.6) is 0 Å². The van der Waals surface area contributed by atoms with Crippen LogP contribution in [0, 0.1) is 11.8 Å². The number of halogens is 1. The summed E-state index contributed by atoms with van der Waals surface area (Å²) in [6.07, 6.45) is 5.20. The van der Waals surface area contributed by atoms with E-state index < -0.39 is 12.8 Å². The average Bonchev–Trinajstić information content (AvgIpc) is 3.63. The van der Waals surface area contributed by atoms with Crippen LogP contribution >= 0.6 is 11.3 Å². The molecule has 2 fully saturated rings. The minimum absolute atomic E-state index is 0.111. The lowest BCUT2D eigenvalue weighted by Gasteiger charge is -2.24. The van der Waals surface area contributed by atoms with Gasteiger partial charge < -0.3 is 25.2 Å². The van der Waals surface area contributed by atoms with Crippen molar-refractivity contribution in [2.45, 2.75) is 38.3 Å². The number of likely N-dealkylation sites (tertiary alicyclic amines) is 1. The van der Waals surface area contributed by atoms with E-state index in [-0.39, 0.29) is 24.4 Å². The topological polar surface area (TPSA) is 114 Å². The van der Waals surface area contributed by atoms with Gasteiger partial charge in [-0.3, -0.25) is 9.59 Å². The number of nitrogens with one attached hydrogen (secondary N) is 2. The van der Waals surface area contributed by atoms with E-state index in [9.17, 15) is 19.1 Å². The zero-order valence-corrected chi connectivity index (χ0v) is 20.9. The first-order chi connectivity index (χ1) is 17.4. The van der Waals surface area contributed by atoms with Gasteiger partial charge in [0.25, 0.3) is 11.8 Å². The predicted octanol–water partition coefficient (Wildman–Crippen LogP) is 2.68. The molecule has 2 amide bonds. The van der Waals surface area contributed by atoms with Gasteiger partial charge in [-0.2, -0.15) is 0 Å². The van der Waals surface area contributed by atoms with Crippen LogP contribution in [0.4, 0.5) is 10.1 Å². The fourth-order valence-electron chi connectivity index (χ4n) is 6.00. The third kappa shape index (κ3) is 3.94. The number of thiazole rings is 1. The fourth-order valence-corrected chi connectivity index (χ4v) is 7.09. The SMILES string of the molecule is C[C@H](O)C(=O)N1C[C@H]2CC(Nc3c(-c4nc5c(s4)C(=O)N(CCF)CC5)cnc4[nH]ccc34)C[C@H]2C1. The van der Waals surface area contributed by atoms with Gasteiger partial charge in [0.15, 0.2) is 0 Å². The molecule has 3 N–H and O–H groups in total.